The Morgan fingerprint density at radius 3 is 0.846 bits per heavy atom. The zero-order valence-corrected chi connectivity index (χ0v) is 19.2. The van der Waals surface area contributed by atoms with Gasteiger partial charge in [0.25, 0.3) is 17.1 Å². The second-order valence-corrected chi connectivity index (χ2v) is 8.55. The number of nitro groups is 3. The highest BCUT2D eigenvalue weighted by Crippen LogP contribution is 2.34. The van der Waals surface area contributed by atoms with E-state index in [0.29, 0.717) is 16.6 Å². The van der Waals surface area contributed by atoms with E-state index >= 15 is 0 Å². The maximum Gasteiger partial charge on any atom is 0.271 e. The molecule has 15 heteroatoms. The predicted molar refractivity (Wildman–Crippen MR) is 138 cm³/mol. The van der Waals surface area contributed by atoms with Crippen molar-refractivity contribution >= 4 is 83.3 Å². The lowest BCUT2D eigenvalue weighted by molar-refractivity contribution is -0.384. The lowest BCUT2D eigenvalue weighted by atomic mass is 10.1. The number of aromatic nitrogens is 6. The quantitative estimate of drug-likeness (QED) is 0.135. The van der Waals surface area contributed by atoms with Gasteiger partial charge < -0.3 is 0 Å². The van der Waals surface area contributed by atoms with Crippen LogP contribution in [0.1, 0.15) is 0 Å². The Hall–Kier alpha value is -6.12. The van der Waals surface area contributed by atoms with Crippen molar-refractivity contribution in [1.29, 1.82) is 0 Å². The van der Waals surface area contributed by atoms with Crippen LogP contribution in [0.3, 0.4) is 0 Å². The van der Waals surface area contributed by atoms with E-state index in [1.807, 2.05) is 0 Å². The molecule has 3 heterocycles. The molecular formula is C24H9N9O6. The maximum atomic E-state index is 11.3. The summed E-state index contributed by atoms with van der Waals surface area (Å²) in [4.78, 5) is 60.2. The van der Waals surface area contributed by atoms with Gasteiger partial charge in [0, 0.05) is 36.4 Å². The summed E-state index contributed by atoms with van der Waals surface area (Å²) >= 11 is 0. The highest BCUT2D eigenvalue weighted by atomic mass is 16.6. The van der Waals surface area contributed by atoms with E-state index in [1.54, 1.807) is 0 Å². The van der Waals surface area contributed by atoms with E-state index in [0.717, 1.165) is 0 Å². The summed E-state index contributed by atoms with van der Waals surface area (Å²) in [6.45, 7) is 0. The zero-order chi connectivity index (χ0) is 27.0. The van der Waals surface area contributed by atoms with Crippen LogP contribution in [0, 0.1) is 30.3 Å². The van der Waals surface area contributed by atoms with E-state index in [1.165, 1.54) is 54.6 Å². The third-order valence-corrected chi connectivity index (χ3v) is 6.25. The molecule has 0 atom stereocenters. The Kier molecular flexibility index (Phi) is 4.36. The predicted octanol–water partition coefficient (Wildman–Crippen LogP) is 4.70. The van der Waals surface area contributed by atoms with E-state index in [4.69, 9.17) is 0 Å². The molecule has 0 spiro atoms. The van der Waals surface area contributed by atoms with E-state index in [-0.39, 0.29) is 66.7 Å². The van der Waals surface area contributed by atoms with Gasteiger partial charge in [-0.15, -0.1) is 0 Å². The van der Waals surface area contributed by atoms with Gasteiger partial charge in [-0.3, -0.25) is 30.3 Å². The number of benzene rings is 4. The second kappa shape index (κ2) is 7.69. The molecule has 0 radical (unpaired) electrons. The summed E-state index contributed by atoms with van der Waals surface area (Å²) in [7, 11) is 0. The Labute approximate surface area is 213 Å². The Bertz CT molecular complexity index is 2000. The van der Waals surface area contributed by atoms with E-state index in [2.05, 4.69) is 29.9 Å². The van der Waals surface area contributed by atoms with Gasteiger partial charge in [0.1, 0.15) is 33.1 Å². The fourth-order valence-electron chi connectivity index (χ4n) is 4.46. The molecular weight excluding hydrogens is 510 g/mol. The lowest BCUT2D eigenvalue weighted by Gasteiger charge is -2.10. The Morgan fingerprint density at radius 1 is 0.385 bits per heavy atom. The summed E-state index contributed by atoms with van der Waals surface area (Å²) in [5.41, 5.74) is 2.63. The first-order valence-electron chi connectivity index (χ1n) is 11.2. The number of hydrogen-bond acceptors (Lipinski definition) is 12. The van der Waals surface area contributed by atoms with Crippen LogP contribution in [0.25, 0.3) is 66.2 Å². The average molecular weight is 519 g/mol. The van der Waals surface area contributed by atoms with Gasteiger partial charge >= 0.3 is 0 Å². The maximum absolute atomic E-state index is 11.3. The molecule has 0 aliphatic carbocycles. The molecule has 0 saturated heterocycles. The largest absolute Gasteiger partial charge is 0.271 e. The van der Waals surface area contributed by atoms with Crippen LogP contribution in [-0.2, 0) is 0 Å². The van der Waals surface area contributed by atoms with Crippen LogP contribution < -0.4 is 0 Å². The van der Waals surface area contributed by atoms with Crippen molar-refractivity contribution in [3.63, 3.8) is 0 Å². The van der Waals surface area contributed by atoms with Crippen LogP contribution in [0.2, 0.25) is 0 Å². The zero-order valence-electron chi connectivity index (χ0n) is 19.2. The number of nitrogens with zero attached hydrogens (tertiary/aromatic N) is 9. The Morgan fingerprint density at radius 2 is 0.615 bits per heavy atom. The monoisotopic (exact) mass is 519 g/mol. The lowest BCUT2D eigenvalue weighted by Crippen LogP contribution is -2.00. The van der Waals surface area contributed by atoms with Gasteiger partial charge in [-0.1, -0.05) is 0 Å². The van der Waals surface area contributed by atoms with Crippen molar-refractivity contribution in [3.05, 3.63) is 84.9 Å². The minimum absolute atomic E-state index is 0.178. The van der Waals surface area contributed by atoms with Crippen LogP contribution >= 0.6 is 0 Å². The Balaban J connectivity index is 1.69. The SMILES string of the molecule is O=[N+]([O-])c1ccc2nc3c4nc5cc([N+](=O)[O-])ccc5nc4c4nc5cc([N+](=O)[O-])ccc5nc4c3nc2c1. The third kappa shape index (κ3) is 3.30. The molecule has 7 rings (SSSR count). The van der Waals surface area contributed by atoms with Gasteiger partial charge in [0.15, 0.2) is 0 Å². The molecule has 186 valence electrons. The molecule has 0 bridgehead atoms. The normalized spacial score (nSPS) is 11.7. The minimum Gasteiger partial charge on any atom is -0.258 e. The molecule has 0 aliphatic rings. The summed E-state index contributed by atoms with van der Waals surface area (Å²) in [5.74, 6) is 0. The van der Waals surface area contributed by atoms with Gasteiger partial charge in [-0.25, -0.2) is 29.9 Å². The van der Waals surface area contributed by atoms with Crippen molar-refractivity contribution < 1.29 is 14.8 Å². The van der Waals surface area contributed by atoms with Gasteiger partial charge in [-0.2, -0.15) is 0 Å². The summed E-state index contributed by atoms with van der Waals surface area (Å²) in [6, 6.07) is 12.1. The number of fused-ring (bicyclic) bond motifs is 9. The first-order valence-corrected chi connectivity index (χ1v) is 11.2. The van der Waals surface area contributed by atoms with E-state index < -0.39 is 14.8 Å². The molecule has 39 heavy (non-hydrogen) atoms. The van der Waals surface area contributed by atoms with Crippen LogP contribution in [0.5, 0.6) is 0 Å². The molecule has 0 unspecified atom stereocenters. The van der Waals surface area contributed by atoms with Crippen molar-refractivity contribution in [1.82, 2.24) is 29.9 Å². The average Bonchev–Trinajstić information content (AvgIpc) is 2.93. The molecule has 7 aromatic rings. The van der Waals surface area contributed by atoms with Crippen molar-refractivity contribution in [2.24, 2.45) is 0 Å². The molecule has 3 aromatic heterocycles. The molecule has 0 saturated carbocycles. The summed E-state index contributed by atoms with van der Waals surface area (Å²) in [6.07, 6.45) is 0. The van der Waals surface area contributed by atoms with Gasteiger partial charge in [0.2, 0.25) is 0 Å². The first kappa shape index (κ1) is 22.1. The molecule has 4 aromatic carbocycles. The first-order chi connectivity index (χ1) is 18.8. The molecule has 0 fully saturated rings. The second-order valence-electron chi connectivity index (χ2n) is 8.55. The fraction of sp³-hybridized carbons (Fsp3) is 0. The smallest absolute Gasteiger partial charge is 0.258 e. The van der Waals surface area contributed by atoms with Crippen LogP contribution in [0.4, 0.5) is 17.1 Å². The number of hydrogen-bond donors (Lipinski definition) is 0. The standard InChI is InChI=1S/C24H9N9O6/c34-31(35)10-1-4-13-16(7-10)28-22-19(25-13)23-21(27-14-5-2-11(32(36)37)8-17(14)29-23)24-20(22)26-15-6-3-12(33(38)39)9-18(15)30-24/h1-9H. The summed E-state index contributed by atoms with van der Waals surface area (Å²) < 4.78 is 0. The summed E-state index contributed by atoms with van der Waals surface area (Å²) in [5, 5.41) is 34.0. The van der Waals surface area contributed by atoms with Crippen molar-refractivity contribution in [2.45, 2.75) is 0 Å². The van der Waals surface area contributed by atoms with Gasteiger partial charge in [-0.05, 0) is 18.2 Å². The van der Waals surface area contributed by atoms with Crippen LogP contribution in [-0.4, -0.2) is 44.7 Å². The fourth-order valence-corrected chi connectivity index (χ4v) is 4.46. The number of rotatable bonds is 3. The van der Waals surface area contributed by atoms with Crippen molar-refractivity contribution in [2.75, 3.05) is 0 Å². The molecule has 0 aliphatic heterocycles. The number of non-ortho nitro benzene ring substituents is 3. The molecule has 15 nitrogen and oxygen atoms in total. The number of nitro benzene ring substituents is 3. The highest BCUT2D eigenvalue weighted by molar-refractivity contribution is 6.21. The molecule has 0 amide bonds. The minimum atomic E-state index is -0.547. The van der Waals surface area contributed by atoms with Crippen molar-refractivity contribution in [3.8, 4) is 0 Å². The van der Waals surface area contributed by atoms with Gasteiger partial charge in [0.05, 0.1) is 47.9 Å². The third-order valence-electron chi connectivity index (χ3n) is 6.25. The molecule has 0 N–H and O–H groups in total. The topological polar surface area (TPSA) is 207 Å². The van der Waals surface area contributed by atoms with Crippen LogP contribution in [0.15, 0.2) is 54.6 Å². The highest BCUT2D eigenvalue weighted by Gasteiger charge is 2.21. The van der Waals surface area contributed by atoms with E-state index in [9.17, 15) is 30.3 Å².